The summed E-state index contributed by atoms with van der Waals surface area (Å²) in [5.74, 6) is -0.465. The molecule has 122 valence electrons. The summed E-state index contributed by atoms with van der Waals surface area (Å²) in [6.45, 7) is 2.14. The molecular weight excluding hydrogens is 311 g/mol. The largest absolute Gasteiger partial charge is 0.290 e. The Hall–Kier alpha value is -2.90. The zero-order valence-electron chi connectivity index (χ0n) is 13.0. The van der Waals surface area contributed by atoms with Crippen LogP contribution in [-0.2, 0) is 6.42 Å². The molecule has 3 aromatic heterocycles. The Bertz CT molecular complexity index is 920. The van der Waals surface area contributed by atoms with Crippen molar-refractivity contribution in [1.29, 1.82) is 0 Å². The van der Waals surface area contributed by atoms with Gasteiger partial charge in [0, 0.05) is 5.69 Å². The summed E-state index contributed by atoms with van der Waals surface area (Å²) in [7, 11) is 0. The van der Waals surface area contributed by atoms with Crippen molar-refractivity contribution < 1.29 is 9.18 Å². The highest BCUT2D eigenvalue weighted by molar-refractivity contribution is 6.07. The molecule has 1 N–H and O–H groups in total. The quantitative estimate of drug-likeness (QED) is 0.798. The van der Waals surface area contributed by atoms with Crippen molar-refractivity contribution in [2.75, 3.05) is 5.32 Å². The zero-order valence-corrected chi connectivity index (χ0v) is 13.0. The minimum atomic E-state index is -0.559. The molecule has 7 nitrogen and oxygen atoms in total. The first kappa shape index (κ1) is 14.7. The predicted molar refractivity (Wildman–Crippen MR) is 84.3 cm³/mol. The van der Waals surface area contributed by atoms with Crippen LogP contribution in [0.15, 0.2) is 24.8 Å². The molecule has 0 saturated heterocycles. The second-order valence-corrected chi connectivity index (χ2v) is 5.81. The van der Waals surface area contributed by atoms with Crippen LogP contribution in [-0.4, -0.2) is 30.5 Å². The van der Waals surface area contributed by atoms with Gasteiger partial charge in [-0.3, -0.25) is 14.5 Å². The monoisotopic (exact) mass is 326 g/mol. The third-order valence-electron chi connectivity index (χ3n) is 4.47. The zero-order chi connectivity index (χ0) is 16.7. The van der Waals surface area contributed by atoms with E-state index in [1.807, 2.05) is 10.5 Å². The lowest BCUT2D eigenvalue weighted by atomic mass is 9.98. The van der Waals surface area contributed by atoms with Crippen LogP contribution < -0.4 is 5.32 Å². The van der Waals surface area contributed by atoms with Crippen LogP contribution in [0, 0.1) is 5.82 Å². The topological polar surface area (TPSA) is 85.1 Å². The second-order valence-electron chi connectivity index (χ2n) is 5.81. The van der Waals surface area contributed by atoms with E-state index in [2.05, 4.69) is 32.4 Å². The number of aryl methyl sites for hydroxylation is 1. The van der Waals surface area contributed by atoms with Crippen LogP contribution in [0.4, 0.5) is 10.3 Å². The number of rotatable bonds is 3. The average Bonchev–Trinajstić information content (AvgIpc) is 3.21. The van der Waals surface area contributed by atoms with Crippen molar-refractivity contribution in [2.45, 2.75) is 32.1 Å². The summed E-state index contributed by atoms with van der Waals surface area (Å²) in [5, 5.41) is 10.6. The van der Waals surface area contributed by atoms with Crippen LogP contribution in [0.1, 0.15) is 47.3 Å². The molecule has 0 unspecified atom stereocenters. The molecule has 3 aromatic rings. The van der Waals surface area contributed by atoms with Crippen LogP contribution in [0.3, 0.4) is 0 Å². The molecule has 1 atom stereocenters. The van der Waals surface area contributed by atoms with E-state index in [9.17, 15) is 9.18 Å². The van der Waals surface area contributed by atoms with Crippen molar-refractivity contribution in [3.63, 3.8) is 0 Å². The molecule has 1 aliphatic carbocycles. The number of hydrogen-bond donors (Lipinski definition) is 1. The molecule has 0 saturated carbocycles. The predicted octanol–water partition coefficient (Wildman–Crippen LogP) is 2.35. The van der Waals surface area contributed by atoms with Gasteiger partial charge in [0.05, 0.1) is 18.0 Å². The summed E-state index contributed by atoms with van der Waals surface area (Å²) in [4.78, 5) is 20.1. The molecule has 0 radical (unpaired) electrons. The number of pyridine rings is 1. The van der Waals surface area contributed by atoms with Gasteiger partial charge in [0.2, 0.25) is 5.95 Å². The Kier molecular flexibility index (Phi) is 3.44. The summed E-state index contributed by atoms with van der Waals surface area (Å²) >= 11 is 0. The molecule has 4 rings (SSSR count). The smallest absolute Gasteiger partial charge is 0.261 e. The van der Waals surface area contributed by atoms with Gasteiger partial charge in [-0.25, -0.2) is 14.4 Å². The van der Waals surface area contributed by atoms with E-state index in [0.29, 0.717) is 17.1 Å². The van der Waals surface area contributed by atoms with Crippen LogP contribution in [0.25, 0.3) is 5.65 Å². The third-order valence-corrected chi connectivity index (χ3v) is 4.47. The van der Waals surface area contributed by atoms with Crippen LogP contribution >= 0.6 is 0 Å². The van der Waals surface area contributed by atoms with Gasteiger partial charge < -0.3 is 0 Å². The molecule has 0 bridgehead atoms. The van der Waals surface area contributed by atoms with Crippen molar-refractivity contribution in [1.82, 2.24) is 24.6 Å². The van der Waals surface area contributed by atoms with Gasteiger partial charge in [-0.05, 0) is 36.8 Å². The normalized spacial score (nSPS) is 16.3. The Morgan fingerprint density at radius 1 is 1.42 bits per heavy atom. The van der Waals surface area contributed by atoms with Gasteiger partial charge in [-0.2, -0.15) is 0 Å². The van der Waals surface area contributed by atoms with E-state index in [1.54, 1.807) is 6.33 Å². The summed E-state index contributed by atoms with van der Waals surface area (Å²) < 4.78 is 14.8. The lowest BCUT2D eigenvalue weighted by molar-refractivity contribution is 0.102. The number of nitrogens with zero attached hydrogens (tertiary/aromatic N) is 5. The third kappa shape index (κ3) is 2.31. The van der Waals surface area contributed by atoms with Gasteiger partial charge >= 0.3 is 0 Å². The number of nitrogens with one attached hydrogen (secondary N) is 1. The number of fused-ring (bicyclic) bond motifs is 3. The van der Waals surface area contributed by atoms with E-state index >= 15 is 0 Å². The molecule has 24 heavy (non-hydrogen) atoms. The van der Waals surface area contributed by atoms with Gasteiger partial charge in [0.1, 0.15) is 6.33 Å². The van der Waals surface area contributed by atoms with Crippen molar-refractivity contribution in [3.8, 4) is 0 Å². The molecule has 1 aliphatic rings. The molecule has 8 heteroatoms. The Labute approximate surface area is 137 Å². The van der Waals surface area contributed by atoms with Crippen molar-refractivity contribution in [2.24, 2.45) is 0 Å². The van der Waals surface area contributed by atoms with Crippen molar-refractivity contribution in [3.05, 3.63) is 47.4 Å². The Morgan fingerprint density at radius 2 is 2.21 bits per heavy atom. The van der Waals surface area contributed by atoms with Crippen LogP contribution in [0.2, 0.25) is 0 Å². The van der Waals surface area contributed by atoms with E-state index in [4.69, 9.17) is 0 Å². The Morgan fingerprint density at radius 3 is 2.96 bits per heavy atom. The summed E-state index contributed by atoms with van der Waals surface area (Å²) in [6, 6.07) is 1.89. The standard InChI is InChI=1S/C16H15FN6O/c1-2-9-3-4-13-11(9)5-12(14-22-20-8-23(13)14)15(24)21-16-18-6-10(17)7-19-16/h5-9H,2-4H2,1H3,(H,18,19,21,24)/t9-/m1/s1. The lowest BCUT2D eigenvalue weighted by Gasteiger charge is -2.12. The maximum Gasteiger partial charge on any atom is 0.261 e. The first-order valence-corrected chi connectivity index (χ1v) is 7.81. The number of carbonyl (C=O) groups is 1. The van der Waals surface area contributed by atoms with E-state index in [-0.39, 0.29) is 11.9 Å². The maximum absolute atomic E-state index is 12.9. The first-order valence-electron chi connectivity index (χ1n) is 7.81. The second kappa shape index (κ2) is 5.63. The van der Waals surface area contributed by atoms with Gasteiger partial charge in [-0.15, -0.1) is 10.2 Å². The Balaban J connectivity index is 1.76. The van der Waals surface area contributed by atoms with Crippen molar-refractivity contribution >= 4 is 17.5 Å². The highest BCUT2D eigenvalue weighted by Crippen LogP contribution is 2.36. The van der Waals surface area contributed by atoms with Gasteiger partial charge in [0.15, 0.2) is 11.5 Å². The van der Waals surface area contributed by atoms with E-state index in [0.717, 1.165) is 42.9 Å². The van der Waals surface area contributed by atoms with E-state index < -0.39 is 5.82 Å². The average molecular weight is 326 g/mol. The minimum Gasteiger partial charge on any atom is -0.290 e. The highest BCUT2D eigenvalue weighted by Gasteiger charge is 2.27. The number of halogens is 1. The minimum absolute atomic E-state index is 0.0478. The lowest BCUT2D eigenvalue weighted by Crippen LogP contribution is -2.16. The summed E-state index contributed by atoms with van der Waals surface area (Å²) in [5.41, 5.74) is 3.25. The fourth-order valence-electron chi connectivity index (χ4n) is 3.28. The fraction of sp³-hybridized carbons (Fsp3) is 0.312. The highest BCUT2D eigenvalue weighted by atomic mass is 19.1. The summed E-state index contributed by atoms with van der Waals surface area (Å²) in [6.07, 6.45) is 6.67. The fourth-order valence-corrected chi connectivity index (χ4v) is 3.28. The first-order chi connectivity index (χ1) is 11.7. The van der Waals surface area contributed by atoms with Gasteiger partial charge in [-0.1, -0.05) is 6.92 Å². The molecule has 3 heterocycles. The molecule has 0 spiro atoms. The maximum atomic E-state index is 12.9. The number of amides is 1. The number of aromatic nitrogens is 5. The number of carbonyl (C=O) groups excluding carboxylic acids is 1. The van der Waals surface area contributed by atoms with Gasteiger partial charge in [0.25, 0.3) is 5.91 Å². The van der Waals surface area contributed by atoms with Crippen LogP contribution in [0.5, 0.6) is 0 Å². The SMILES string of the molecule is CC[C@@H]1CCc2c1cc(C(=O)Nc1ncc(F)cn1)c1nncn21. The molecule has 0 aliphatic heterocycles. The number of hydrogen-bond acceptors (Lipinski definition) is 5. The van der Waals surface area contributed by atoms with E-state index in [1.165, 1.54) is 0 Å². The molecular formula is C16H15FN6O. The molecule has 1 amide bonds. The molecule has 0 aromatic carbocycles. The number of anilines is 1. The molecule has 0 fully saturated rings.